The molecule has 2 nitrogen and oxygen atoms in total. The van der Waals surface area contributed by atoms with Gasteiger partial charge in [-0.2, -0.15) is 13.2 Å². The number of nitrogens with one attached hydrogen (secondary N) is 1. The summed E-state index contributed by atoms with van der Waals surface area (Å²) in [4.78, 5) is 3.29. The van der Waals surface area contributed by atoms with Gasteiger partial charge in [0.1, 0.15) is 11.5 Å². The van der Waals surface area contributed by atoms with Gasteiger partial charge in [0.25, 0.3) is 0 Å². The number of allylic oxidation sites excluding steroid dienone is 2. The van der Waals surface area contributed by atoms with Gasteiger partial charge < -0.3 is 5.32 Å². The van der Waals surface area contributed by atoms with E-state index in [1.807, 2.05) is 13.0 Å². The average molecular weight is 232 g/mol. The topological polar surface area (TPSA) is 24.4 Å². The standard InChI is InChI=1S/C11H15F3N2/c1-5-6-7-8(2)15-10(4)16-9(3)11(12,13)14/h6-7,15H,2,4-5H2,1,3H3/b7-6-,16-9+. The van der Waals surface area contributed by atoms with E-state index in [1.54, 1.807) is 6.08 Å². The molecule has 1 N–H and O–H groups in total. The Hall–Kier alpha value is -1.52. The SMILES string of the molecule is C=C(/C=C\CC)NC(=C)/N=C(\C)C(F)(F)F. The predicted octanol–water partition coefficient (Wildman–Crippen LogP) is 3.55. The third kappa shape index (κ3) is 6.06. The molecule has 0 spiro atoms. The minimum Gasteiger partial charge on any atom is -0.341 e. The van der Waals surface area contributed by atoms with E-state index in [-0.39, 0.29) is 5.82 Å². The van der Waals surface area contributed by atoms with Gasteiger partial charge in [-0.3, -0.25) is 0 Å². The van der Waals surface area contributed by atoms with Gasteiger partial charge in [-0.15, -0.1) is 0 Å². The average Bonchev–Trinajstić information content (AvgIpc) is 2.12. The molecule has 0 aliphatic carbocycles. The predicted molar refractivity (Wildman–Crippen MR) is 60.0 cm³/mol. The molecule has 0 rings (SSSR count). The van der Waals surface area contributed by atoms with E-state index >= 15 is 0 Å². The molecule has 0 aliphatic rings. The molecule has 0 aromatic heterocycles. The summed E-state index contributed by atoms with van der Waals surface area (Å²) in [5.74, 6) is -0.0828. The van der Waals surface area contributed by atoms with Crippen molar-refractivity contribution in [2.24, 2.45) is 4.99 Å². The summed E-state index contributed by atoms with van der Waals surface area (Å²) >= 11 is 0. The second-order valence-electron chi connectivity index (χ2n) is 3.10. The quantitative estimate of drug-likeness (QED) is 0.569. The molecule has 0 aromatic rings. The summed E-state index contributed by atoms with van der Waals surface area (Å²) in [7, 11) is 0. The maximum Gasteiger partial charge on any atom is 0.429 e. The van der Waals surface area contributed by atoms with Crippen LogP contribution in [0, 0.1) is 0 Å². The largest absolute Gasteiger partial charge is 0.429 e. The Balaban J connectivity index is 4.40. The molecule has 0 saturated carbocycles. The number of hydrogen-bond acceptors (Lipinski definition) is 2. The molecule has 16 heavy (non-hydrogen) atoms. The normalized spacial score (nSPS) is 12.9. The van der Waals surface area contributed by atoms with E-state index in [0.29, 0.717) is 5.70 Å². The van der Waals surface area contributed by atoms with Crippen LogP contribution >= 0.6 is 0 Å². The second-order valence-corrected chi connectivity index (χ2v) is 3.10. The lowest BCUT2D eigenvalue weighted by Crippen LogP contribution is -2.21. The Morgan fingerprint density at radius 2 is 1.94 bits per heavy atom. The van der Waals surface area contributed by atoms with Gasteiger partial charge in [-0.1, -0.05) is 26.2 Å². The number of halogens is 3. The van der Waals surface area contributed by atoms with E-state index in [0.717, 1.165) is 13.3 Å². The Bertz CT molecular complexity index is 325. The highest BCUT2D eigenvalue weighted by molar-refractivity contribution is 5.88. The highest BCUT2D eigenvalue weighted by atomic mass is 19.4. The first-order chi connectivity index (χ1) is 7.27. The summed E-state index contributed by atoms with van der Waals surface area (Å²) < 4.78 is 36.3. The molecule has 0 amide bonds. The molecule has 0 radical (unpaired) electrons. The van der Waals surface area contributed by atoms with E-state index in [9.17, 15) is 13.2 Å². The maximum absolute atomic E-state index is 12.1. The molecule has 0 aromatic carbocycles. The lowest BCUT2D eigenvalue weighted by molar-refractivity contribution is -0.0592. The molecule has 0 fully saturated rings. The molecule has 0 heterocycles. The van der Waals surface area contributed by atoms with Gasteiger partial charge in [0, 0.05) is 5.70 Å². The van der Waals surface area contributed by atoms with Crippen molar-refractivity contribution in [3.05, 3.63) is 36.8 Å². The van der Waals surface area contributed by atoms with Crippen LogP contribution in [-0.4, -0.2) is 11.9 Å². The molecule has 0 aliphatic heterocycles. The maximum atomic E-state index is 12.1. The third-order valence-electron chi connectivity index (χ3n) is 1.57. The first kappa shape index (κ1) is 14.5. The smallest absolute Gasteiger partial charge is 0.341 e. The van der Waals surface area contributed by atoms with Crippen molar-refractivity contribution in [3.63, 3.8) is 0 Å². The van der Waals surface area contributed by atoms with E-state index in [2.05, 4.69) is 23.5 Å². The van der Waals surface area contributed by atoms with Gasteiger partial charge in [-0.25, -0.2) is 4.99 Å². The van der Waals surface area contributed by atoms with E-state index < -0.39 is 11.9 Å². The third-order valence-corrected chi connectivity index (χ3v) is 1.57. The van der Waals surface area contributed by atoms with Crippen LogP contribution in [0.15, 0.2) is 41.8 Å². The Labute approximate surface area is 93.3 Å². The zero-order chi connectivity index (χ0) is 12.8. The van der Waals surface area contributed by atoms with Gasteiger partial charge in [0.15, 0.2) is 0 Å². The fourth-order valence-corrected chi connectivity index (χ4v) is 0.781. The minimum atomic E-state index is -4.43. The van der Waals surface area contributed by atoms with Crippen molar-refractivity contribution in [3.8, 4) is 0 Å². The number of nitrogens with zero attached hydrogens (tertiary/aromatic N) is 1. The van der Waals surface area contributed by atoms with Crippen molar-refractivity contribution in [1.29, 1.82) is 0 Å². The van der Waals surface area contributed by atoms with Gasteiger partial charge in [0.2, 0.25) is 0 Å². The first-order valence-electron chi connectivity index (χ1n) is 4.71. The van der Waals surface area contributed by atoms with Crippen molar-refractivity contribution >= 4 is 5.71 Å². The summed E-state index contributed by atoms with van der Waals surface area (Å²) in [5, 5.41) is 2.55. The Kier molecular flexibility index (Phi) is 5.56. The van der Waals surface area contributed by atoms with Crippen LogP contribution in [0.4, 0.5) is 13.2 Å². The molecular weight excluding hydrogens is 217 g/mol. The summed E-state index contributed by atoms with van der Waals surface area (Å²) in [6.07, 6.45) is -0.129. The van der Waals surface area contributed by atoms with Crippen LogP contribution in [-0.2, 0) is 0 Å². The first-order valence-corrected chi connectivity index (χ1v) is 4.71. The van der Waals surface area contributed by atoms with E-state index in [4.69, 9.17) is 0 Å². The summed E-state index contributed by atoms with van der Waals surface area (Å²) in [6.45, 7) is 9.78. The van der Waals surface area contributed by atoms with Gasteiger partial charge in [-0.05, 0) is 19.4 Å². The molecule has 0 bridgehead atoms. The zero-order valence-electron chi connectivity index (χ0n) is 9.36. The van der Waals surface area contributed by atoms with Gasteiger partial charge >= 0.3 is 6.18 Å². The van der Waals surface area contributed by atoms with Crippen molar-refractivity contribution in [2.45, 2.75) is 26.4 Å². The fourth-order valence-electron chi connectivity index (χ4n) is 0.781. The number of rotatable bonds is 5. The lowest BCUT2D eigenvalue weighted by Gasteiger charge is -2.08. The molecular formula is C11H15F3N2. The fraction of sp³-hybridized carbons (Fsp3) is 0.364. The Morgan fingerprint density at radius 3 is 2.38 bits per heavy atom. The van der Waals surface area contributed by atoms with Crippen LogP contribution in [0.2, 0.25) is 0 Å². The van der Waals surface area contributed by atoms with Crippen LogP contribution in [0.3, 0.4) is 0 Å². The summed E-state index contributed by atoms with van der Waals surface area (Å²) in [6, 6.07) is 0. The lowest BCUT2D eigenvalue weighted by atomic mass is 10.3. The van der Waals surface area contributed by atoms with Crippen molar-refractivity contribution in [2.75, 3.05) is 0 Å². The van der Waals surface area contributed by atoms with Crippen LogP contribution in [0.5, 0.6) is 0 Å². The van der Waals surface area contributed by atoms with Gasteiger partial charge in [0.05, 0.1) is 0 Å². The minimum absolute atomic E-state index is 0.0828. The Morgan fingerprint density at radius 1 is 1.38 bits per heavy atom. The highest BCUT2D eigenvalue weighted by Gasteiger charge is 2.31. The van der Waals surface area contributed by atoms with Crippen LogP contribution < -0.4 is 5.32 Å². The summed E-state index contributed by atoms with van der Waals surface area (Å²) in [5.41, 5.74) is -0.497. The molecule has 5 heteroatoms. The number of aliphatic imine (C=N–C) groups is 1. The van der Waals surface area contributed by atoms with E-state index in [1.165, 1.54) is 0 Å². The van der Waals surface area contributed by atoms with Crippen LogP contribution in [0.1, 0.15) is 20.3 Å². The molecule has 0 saturated heterocycles. The molecule has 0 atom stereocenters. The number of alkyl halides is 3. The molecule has 90 valence electrons. The monoisotopic (exact) mass is 232 g/mol. The molecule has 0 unspecified atom stereocenters. The number of hydrogen-bond donors (Lipinski definition) is 1. The van der Waals surface area contributed by atoms with Crippen molar-refractivity contribution < 1.29 is 13.2 Å². The zero-order valence-corrected chi connectivity index (χ0v) is 9.36. The van der Waals surface area contributed by atoms with Crippen molar-refractivity contribution in [1.82, 2.24) is 5.32 Å². The second kappa shape index (κ2) is 6.15. The highest BCUT2D eigenvalue weighted by Crippen LogP contribution is 2.17. The van der Waals surface area contributed by atoms with Crippen LogP contribution in [0.25, 0.3) is 0 Å².